The maximum atomic E-state index is 13.2. The van der Waals surface area contributed by atoms with Crippen LogP contribution in [0.15, 0.2) is 11.1 Å². The van der Waals surface area contributed by atoms with Gasteiger partial charge in [0.05, 0.1) is 12.1 Å². The van der Waals surface area contributed by atoms with Crippen molar-refractivity contribution < 1.29 is 22.3 Å². The minimum atomic E-state index is -1.86. The predicted octanol–water partition coefficient (Wildman–Crippen LogP) is 2.02. The molecule has 0 spiro atoms. The molecule has 0 N–H and O–H groups in total. The van der Waals surface area contributed by atoms with Crippen LogP contribution in [0.25, 0.3) is 0 Å². The van der Waals surface area contributed by atoms with Crippen LogP contribution in [0.2, 0.25) is 0 Å². The Morgan fingerprint density at radius 2 is 1.80 bits per heavy atom. The molecule has 1 aromatic rings. The van der Waals surface area contributed by atoms with E-state index in [2.05, 4.69) is 4.99 Å². The molecular formula is C9H5F4NO. The normalized spacial score (nSPS) is 15.1. The van der Waals surface area contributed by atoms with Crippen LogP contribution < -0.4 is 0 Å². The zero-order valence-electron chi connectivity index (χ0n) is 7.36. The summed E-state index contributed by atoms with van der Waals surface area (Å²) in [6.45, 7) is 0.505. The quantitative estimate of drug-likeness (QED) is 0.402. The van der Waals surface area contributed by atoms with Crippen molar-refractivity contribution in [2.24, 2.45) is 4.99 Å². The van der Waals surface area contributed by atoms with Crippen LogP contribution in [0.4, 0.5) is 17.6 Å². The van der Waals surface area contributed by atoms with E-state index in [0.29, 0.717) is 6.07 Å². The largest absolute Gasteiger partial charge is 0.475 e. The molecule has 0 radical (unpaired) electrons. The van der Waals surface area contributed by atoms with Crippen molar-refractivity contribution in [2.75, 3.05) is 13.2 Å². The Labute approximate surface area is 82.2 Å². The number of hydrogen-bond donors (Lipinski definition) is 0. The smallest absolute Gasteiger partial charge is 0.219 e. The molecule has 0 saturated heterocycles. The molecule has 0 saturated carbocycles. The van der Waals surface area contributed by atoms with Crippen molar-refractivity contribution in [3.05, 3.63) is 34.9 Å². The van der Waals surface area contributed by atoms with Crippen molar-refractivity contribution >= 4 is 5.90 Å². The molecule has 1 aliphatic rings. The fraction of sp³-hybridized carbons (Fsp3) is 0.222. The van der Waals surface area contributed by atoms with E-state index < -0.39 is 28.8 Å². The van der Waals surface area contributed by atoms with Gasteiger partial charge in [-0.05, 0) is 6.07 Å². The molecule has 0 atom stereocenters. The van der Waals surface area contributed by atoms with Gasteiger partial charge in [0.1, 0.15) is 6.61 Å². The Morgan fingerprint density at radius 3 is 2.40 bits per heavy atom. The fourth-order valence-electron chi connectivity index (χ4n) is 1.23. The molecule has 1 aromatic carbocycles. The molecule has 80 valence electrons. The zero-order chi connectivity index (χ0) is 11.0. The van der Waals surface area contributed by atoms with Crippen molar-refractivity contribution in [3.63, 3.8) is 0 Å². The highest BCUT2D eigenvalue weighted by molar-refractivity contribution is 5.95. The van der Waals surface area contributed by atoms with Crippen molar-refractivity contribution in [2.45, 2.75) is 0 Å². The lowest BCUT2D eigenvalue weighted by Crippen LogP contribution is -2.09. The van der Waals surface area contributed by atoms with Crippen LogP contribution in [0.3, 0.4) is 0 Å². The van der Waals surface area contributed by atoms with Crippen LogP contribution >= 0.6 is 0 Å². The van der Waals surface area contributed by atoms with Crippen LogP contribution in [0, 0.1) is 23.3 Å². The molecule has 0 fully saturated rings. The first-order chi connectivity index (χ1) is 7.11. The molecule has 15 heavy (non-hydrogen) atoms. The van der Waals surface area contributed by atoms with Gasteiger partial charge < -0.3 is 4.74 Å². The van der Waals surface area contributed by atoms with E-state index in [4.69, 9.17) is 4.74 Å². The average Bonchev–Trinajstić information content (AvgIpc) is 2.73. The van der Waals surface area contributed by atoms with Gasteiger partial charge in [0.2, 0.25) is 5.90 Å². The summed E-state index contributed by atoms with van der Waals surface area (Å²) in [6, 6.07) is 0.526. The second-order valence-electron chi connectivity index (χ2n) is 2.88. The molecule has 2 nitrogen and oxygen atoms in total. The Morgan fingerprint density at radius 1 is 1.07 bits per heavy atom. The summed E-state index contributed by atoms with van der Waals surface area (Å²) in [5.74, 6) is -6.86. The second-order valence-corrected chi connectivity index (χ2v) is 2.88. The lowest BCUT2D eigenvalue weighted by molar-refractivity contribution is 0.344. The van der Waals surface area contributed by atoms with Crippen molar-refractivity contribution in [3.8, 4) is 0 Å². The summed E-state index contributed by atoms with van der Waals surface area (Å²) in [5, 5.41) is 0. The van der Waals surface area contributed by atoms with Crippen LogP contribution in [-0.2, 0) is 4.74 Å². The first kappa shape index (κ1) is 9.95. The Bertz CT molecular complexity index is 444. The average molecular weight is 219 g/mol. The first-order valence-corrected chi connectivity index (χ1v) is 4.12. The van der Waals surface area contributed by atoms with Crippen LogP contribution in [0.5, 0.6) is 0 Å². The highest BCUT2D eigenvalue weighted by Crippen LogP contribution is 2.20. The first-order valence-electron chi connectivity index (χ1n) is 4.12. The van der Waals surface area contributed by atoms with E-state index in [1.165, 1.54) is 0 Å². The van der Waals surface area contributed by atoms with E-state index >= 15 is 0 Å². The van der Waals surface area contributed by atoms with E-state index in [1.54, 1.807) is 0 Å². The molecule has 0 aromatic heterocycles. The minimum Gasteiger partial charge on any atom is -0.475 e. The van der Waals surface area contributed by atoms with Crippen LogP contribution in [-0.4, -0.2) is 19.0 Å². The number of aliphatic imine (C=N–C) groups is 1. The van der Waals surface area contributed by atoms with Gasteiger partial charge in [0, 0.05) is 0 Å². The molecule has 0 bridgehead atoms. The lowest BCUT2D eigenvalue weighted by atomic mass is 10.2. The number of halogens is 4. The summed E-state index contributed by atoms with van der Waals surface area (Å²) >= 11 is 0. The van der Waals surface area contributed by atoms with Gasteiger partial charge in [-0.3, -0.25) is 0 Å². The standard InChI is InChI=1S/C9H5F4NO/c10-5-3-4(9-14-1-2-15-9)6(11)8(13)7(5)12/h3H,1-2H2. The SMILES string of the molecule is Fc1cc(C2=NCCO2)c(F)c(F)c1F. The Hall–Kier alpha value is -1.59. The van der Waals surface area contributed by atoms with Gasteiger partial charge in [-0.2, -0.15) is 0 Å². The fourth-order valence-corrected chi connectivity index (χ4v) is 1.23. The summed E-state index contributed by atoms with van der Waals surface area (Å²) in [4.78, 5) is 3.68. The maximum Gasteiger partial charge on any atom is 0.219 e. The van der Waals surface area contributed by atoms with Gasteiger partial charge in [-0.15, -0.1) is 0 Å². The molecule has 0 amide bonds. The third-order valence-electron chi connectivity index (χ3n) is 1.92. The number of ether oxygens (including phenoxy) is 1. The van der Waals surface area contributed by atoms with Gasteiger partial charge >= 0.3 is 0 Å². The zero-order valence-corrected chi connectivity index (χ0v) is 7.36. The minimum absolute atomic E-state index is 0.203. The number of rotatable bonds is 1. The molecular weight excluding hydrogens is 214 g/mol. The Balaban J connectivity index is 2.57. The monoisotopic (exact) mass is 219 g/mol. The molecule has 0 aliphatic carbocycles. The molecule has 1 heterocycles. The maximum absolute atomic E-state index is 13.2. The highest BCUT2D eigenvalue weighted by atomic mass is 19.2. The predicted molar refractivity (Wildman–Crippen MR) is 43.6 cm³/mol. The summed E-state index contributed by atoms with van der Waals surface area (Å²) in [7, 11) is 0. The molecule has 1 aliphatic heterocycles. The van der Waals surface area contributed by atoms with E-state index in [-0.39, 0.29) is 19.0 Å². The molecule has 6 heteroatoms. The molecule has 0 unspecified atom stereocenters. The van der Waals surface area contributed by atoms with Gasteiger partial charge in [0.15, 0.2) is 23.3 Å². The number of nitrogens with zero attached hydrogens (tertiary/aromatic N) is 1. The highest BCUT2D eigenvalue weighted by Gasteiger charge is 2.23. The van der Waals surface area contributed by atoms with Crippen LogP contribution in [0.1, 0.15) is 5.56 Å². The van der Waals surface area contributed by atoms with Crippen molar-refractivity contribution in [1.29, 1.82) is 0 Å². The second kappa shape index (κ2) is 3.52. The summed E-state index contributed by atoms with van der Waals surface area (Å²) in [5.41, 5.74) is -0.496. The van der Waals surface area contributed by atoms with Gasteiger partial charge in [-0.1, -0.05) is 0 Å². The van der Waals surface area contributed by atoms with Gasteiger partial charge in [0.25, 0.3) is 0 Å². The van der Waals surface area contributed by atoms with E-state index in [9.17, 15) is 17.6 Å². The van der Waals surface area contributed by atoms with Gasteiger partial charge in [-0.25, -0.2) is 22.6 Å². The third kappa shape index (κ3) is 1.55. The number of hydrogen-bond acceptors (Lipinski definition) is 2. The topological polar surface area (TPSA) is 21.6 Å². The number of benzene rings is 1. The van der Waals surface area contributed by atoms with E-state index in [0.717, 1.165) is 0 Å². The molecule has 2 rings (SSSR count). The summed E-state index contributed by atoms with van der Waals surface area (Å²) < 4.78 is 56.1. The van der Waals surface area contributed by atoms with E-state index in [1.807, 2.05) is 0 Å². The van der Waals surface area contributed by atoms with Crippen molar-refractivity contribution in [1.82, 2.24) is 0 Å². The summed E-state index contributed by atoms with van der Waals surface area (Å²) in [6.07, 6.45) is 0. The third-order valence-corrected chi connectivity index (χ3v) is 1.92. The Kier molecular flexibility index (Phi) is 2.34. The lowest BCUT2D eigenvalue weighted by Gasteiger charge is -2.05.